The lowest BCUT2D eigenvalue weighted by molar-refractivity contribution is 0.0945. The van der Waals surface area contributed by atoms with Gasteiger partial charge in [-0.05, 0) is 92.5 Å². The van der Waals surface area contributed by atoms with E-state index in [-0.39, 0.29) is 11.5 Å². The summed E-state index contributed by atoms with van der Waals surface area (Å²) in [6, 6.07) is 4.60. The monoisotopic (exact) mass is 577 g/mol. The second kappa shape index (κ2) is 15.0. The molecule has 1 aromatic carbocycles. The molecule has 236 valence electrons. The Kier molecular flexibility index (Phi) is 11.4. The highest BCUT2D eigenvalue weighted by atomic mass is 16.5. The zero-order valence-corrected chi connectivity index (χ0v) is 27.7. The van der Waals surface area contributed by atoms with E-state index >= 15 is 0 Å². The van der Waals surface area contributed by atoms with Crippen molar-refractivity contribution < 1.29 is 9.47 Å². The number of ether oxygens (including phenoxy) is 2. The summed E-state index contributed by atoms with van der Waals surface area (Å²) < 4.78 is 13.5. The Labute approximate surface area is 259 Å². The molecular formula is C39H63NO2. The maximum absolute atomic E-state index is 6.99. The Morgan fingerprint density at radius 2 is 1.57 bits per heavy atom. The summed E-state index contributed by atoms with van der Waals surface area (Å²) in [5.74, 6) is 3.73. The quantitative estimate of drug-likeness (QED) is 0.104. The number of fused-ring (bicyclic) bond motifs is 2. The average molecular weight is 578 g/mol. The Morgan fingerprint density at radius 3 is 2.19 bits per heavy atom. The second-order valence-electron chi connectivity index (χ2n) is 14.8. The normalized spacial score (nSPS) is 26.9. The predicted octanol–water partition coefficient (Wildman–Crippen LogP) is 10.5. The van der Waals surface area contributed by atoms with Crippen molar-refractivity contribution in [1.82, 2.24) is 5.32 Å². The van der Waals surface area contributed by atoms with Crippen molar-refractivity contribution in [1.29, 1.82) is 0 Å². The molecule has 0 amide bonds. The fraction of sp³-hybridized carbons (Fsp3) is 0.795. The maximum Gasteiger partial charge on any atom is 0.166 e. The molecule has 2 saturated carbocycles. The van der Waals surface area contributed by atoms with E-state index in [4.69, 9.17) is 9.47 Å². The third-order valence-corrected chi connectivity index (χ3v) is 11.6. The van der Waals surface area contributed by atoms with Crippen LogP contribution in [0.4, 0.5) is 0 Å². The number of unbranched alkanes of at least 4 members (excludes halogenated alkanes) is 13. The summed E-state index contributed by atoms with van der Waals surface area (Å²) >= 11 is 0. The summed E-state index contributed by atoms with van der Waals surface area (Å²) in [6.45, 7) is 14.7. The van der Waals surface area contributed by atoms with Crippen LogP contribution in [0.3, 0.4) is 0 Å². The van der Waals surface area contributed by atoms with E-state index in [1.165, 1.54) is 132 Å². The van der Waals surface area contributed by atoms with E-state index in [1.807, 2.05) is 0 Å². The van der Waals surface area contributed by atoms with E-state index < -0.39 is 0 Å². The van der Waals surface area contributed by atoms with Crippen molar-refractivity contribution in [2.45, 2.75) is 161 Å². The Bertz CT molecular complexity index is 1010. The molecule has 2 fully saturated rings. The van der Waals surface area contributed by atoms with Gasteiger partial charge in [-0.25, -0.2) is 0 Å². The molecule has 4 atom stereocenters. The van der Waals surface area contributed by atoms with Crippen LogP contribution >= 0.6 is 0 Å². The average Bonchev–Trinajstić information content (AvgIpc) is 3.91. The van der Waals surface area contributed by atoms with Crippen LogP contribution < -0.4 is 14.8 Å². The molecule has 3 heteroatoms. The highest BCUT2D eigenvalue weighted by Gasteiger charge is 2.72. The summed E-state index contributed by atoms with van der Waals surface area (Å²) in [4.78, 5) is 0. The van der Waals surface area contributed by atoms with E-state index in [0.717, 1.165) is 55.7 Å². The van der Waals surface area contributed by atoms with Gasteiger partial charge < -0.3 is 14.8 Å². The minimum atomic E-state index is 0.0264. The van der Waals surface area contributed by atoms with Crippen LogP contribution in [0.2, 0.25) is 0 Å². The van der Waals surface area contributed by atoms with Crippen molar-refractivity contribution in [3.63, 3.8) is 0 Å². The molecule has 1 aromatic rings. The van der Waals surface area contributed by atoms with Crippen LogP contribution in [0.25, 0.3) is 0 Å². The van der Waals surface area contributed by atoms with Gasteiger partial charge in [0.05, 0.1) is 6.61 Å². The molecule has 0 aromatic heterocycles. The number of hydrogen-bond donors (Lipinski definition) is 1. The maximum atomic E-state index is 6.99. The van der Waals surface area contributed by atoms with Crippen LogP contribution in [-0.2, 0) is 11.8 Å². The van der Waals surface area contributed by atoms with Crippen LogP contribution in [0.5, 0.6) is 11.5 Å². The summed E-state index contributed by atoms with van der Waals surface area (Å²) in [5, 5.41) is 3.82. The van der Waals surface area contributed by atoms with Crippen molar-refractivity contribution in [2.75, 3.05) is 19.7 Å². The van der Waals surface area contributed by atoms with Crippen LogP contribution in [0, 0.1) is 17.3 Å². The van der Waals surface area contributed by atoms with Crippen molar-refractivity contribution in [3.05, 3.63) is 35.4 Å². The molecule has 4 aliphatic rings. The molecule has 1 N–H and O–H groups in total. The number of nitrogens with one attached hydrogen (secondary N) is 1. The zero-order chi connectivity index (χ0) is 29.4. The van der Waals surface area contributed by atoms with Gasteiger partial charge in [-0.1, -0.05) is 117 Å². The standard InChI is InChI=1S/C39H63NO2/c1-5-7-8-9-10-11-12-13-14-15-16-17-18-19-26-41-34-23-22-32-27-33-28-38(33,4)39(24-25-40-29-31-20-21-31)35(32)36(34)42-37(39)30(3)6-2/h22-23,31,33,37,40H,3,5-21,24-29H2,1-2,4H3. The summed E-state index contributed by atoms with van der Waals surface area (Å²) in [7, 11) is 0. The molecule has 1 heterocycles. The third kappa shape index (κ3) is 7.08. The number of hydrogen-bond acceptors (Lipinski definition) is 3. The van der Waals surface area contributed by atoms with Gasteiger partial charge in [0, 0.05) is 11.0 Å². The molecule has 0 spiro atoms. The lowest BCUT2D eigenvalue weighted by Crippen LogP contribution is -2.50. The molecule has 5 rings (SSSR count). The van der Waals surface area contributed by atoms with Crippen LogP contribution in [0.1, 0.15) is 154 Å². The third-order valence-electron chi connectivity index (χ3n) is 11.6. The van der Waals surface area contributed by atoms with Crippen LogP contribution in [-0.4, -0.2) is 25.8 Å². The van der Waals surface area contributed by atoms with Gasteiger partial charge in [0.2, 0.25) is 0 Å². The van der Waals surface area contributed by atoms with Gasteiger partial charge in [-0.15, -0.1) is 0 Å². The van der Waals surface area contributed by atoms with Gasteiger partial charge in [0.25, 0.3) is 0 Å². The van der Waals surface area contributed by atoms with Gasteiger partial charge in [0.1, 0.15) is 6.10 Å². The first-order valence-corrected chi connectivity index (χ1v) is 18.4. The van der Waals surface area contributed by atoms with Crippen molar-refractivity contribution in [2.24, 2.45) is 17.3 Å². The minimum absolute atomic E-state index is 0.0264. The van der Waals surface area contributed by atoms with E-state index in [9.17, 15) is 0 Å². The predicted molar refractivity (Wildman–Crippen MR) is 178 cm³/mol. The molecule has 0 radical (unpaired) electrons. The highest BCUT2D eigenvalue weighted by Crippen LogP contribution is 2.75. The minimum Gasteiger partial charge on any atom is -0.490 e. The SMILES string of the molecule is C=C(CC)C1Oc2c(OCCCCCCCCCCCCCCCC)ccc3c2C1(CCNCC1CC1)C1(C)CC1C3. The Balaban J connectivity index is 1.10. The zero-order valence-electron chi connectivity index (χ0n) is 27.7. The Morgan fingerprint density at radius 1 is 0.929 bits per heavy atom. The Hall–Kier alpha value is -1.48. The van der Waals surface area contributed by atoms with Gasteiger partial charge in [0.15, 0.2) is 11.5 Å². The molecule has 0 bridgehead atoms. The number of benzene rings is 1. The fourth-order valence-corrected chi connectivity index (χ4v) is 8.54. The molecular weight excluding hydrogens is 514 g/mol. The topological polar surface area (TPSA) is 30.5 Å². The summed E-state index contributed by atoms with van der Waals surface area (Å²) in [5.41, 5.74) is 4.60. The first-order valence-electron chi connectivity index (χ1n) is 18.4. The van der Waals surface area contributed by atoms with Gasteiger partial charge in [-0.3, -0.25) is 0 Å². The first kappa shape index (κ1) is 31.9. The van der Waals surface area contributed by atoms with E-state index in [2.05, 4.69) is 44.8 Å². The number of rotatable bonds is 23. The first-order chi connectivity index (χ1) is 20.5. The molecule has 0 saturated heterocycles. The molecule has 42 heavy (non-hydrogen) atoms. The molecule has 1 aliphatic heterocycles. The van der Waals surface area contributed by atoms with Gasteiger partial charge in [-0.2, -0.15) is 0 Å². The lowest BCUT2D eigenvalue weighted by Gasteiger charge is -2.45. The second-order valence-corrected chi connectivity index (χ2v) is 14.8. The lowest BCUT2D eigenvalue weighted by atomic mass is 9.57. The van der Waals surface area contributed by atoms with E-state index in [0.29, 0.717) is 5.41 Å². The van der Waals surface area contributed by atoms with E-state index in [1.54, 1.807) is 0 Å². The molecule has 4 unspecified atom stereocenters. The highest BCUT2D eigenvalue weighted by molar-refractivity contribution is 5.63. The largest absolute Gasteiger partial charge is 0.490 e. The molecule has 3 aliphatic carbocycles. The summed E-state index contributed by atoms with van der Waals surface area (Å²) in [6.07, 6.45) is 26.9. The fourth-order valence-electron chi connectivity index (χ4n) is 8.54. The van der Waals surface area contributed by atoms with Crippen LogP contribution in [0.15, 0.2) is 24.3 Å². The van der Waals surface area contributed by atoms with Crippen molar-refractivity contribution in [3.8, 4) is 11.5 Å². The van der Waals surface area contributed by atoms with Crippen molar-refractivity contribution >= 4 is 0 Å². The smallest absolute Gasteiger partial charge is 0.166 e. The molecule has 3 nitrogen and oxygen atoms in total. The van der Waals surface area contributed by atoms with Gasteiger partial charge >= 0.3 is 0 Å².